The largest absolute Gasteiger partial charge is 0.207 e. The molecule has 2 heteroatoms. The van der Waals surface area contributed by atoms with E-state index < -0.39 is 7.26 Å². The summed E-state index contributed by atoms with van der Waals surface area (Å²) in [5.41, 5.74) is 1.72. The molecule has 0 aliphatic heterocycles. The fourth-order valence-electron chi connectivity index (χ4n) is 3.80. The zero-order chi connectivity index (χ0) is 19.4. The van der Waals surface area contributed by atoms with Crippen LogP contribution < -0.4 is 15.9 Å². The minimum Gasteiger partial charge on any atom is -0.207 e. The number of halogens is 1. The van der Waals surface area contributed by atoms with Crippen LogP contribution >= 0.6 is 7.26 Å². The summed E-state index contributed by atoms with van der Waals surface area (Å²) in [6, 6.07) is 37.4. The van der Waals surface area contributed by atoms with Gasteiger partial charge in [0.1, 0.15) is 35.2 Å². The predicted octanol–water partition coefficient (Wildman–Crippen LogP) is 5.63. The number of hydrogen-bond donors (Lipinski definition) is 0. The monoisotopic (exact) mass is 385 g/mol. The van der Waals surface area contributed by atoms with Crippen molar-refractivity contribution in [2.24, 2.45) is 0 Å². The van der Waals surface area contributed by atoms with Gasteiger partial charge in [0.05, 0.1) is 0 Å². The lowest BCUT2D eigenvalue weighted by Gasteiger charge is -2.28. The molecule has 138 valence electrons. The van der Waals surface area contributed by atoms with Gasteiger partial charge in [-0.25, -0.2) is 4.39 Å². The topological polar surface area (TPSA) is 0 Å². The third-order valence-corrected chi connectivity index (χ3v) is 9.56. The smallest absolute Gasteiger partial charge is 0.130 e. The molecule has 0 bridgehead atoms. The molecule has 4 aromatic rings. The van der Waals surface area contributed by atoms with Crippen molar-refractivity contribution in [1.82, 2.24) is 0 Å². The molecule has 28 heavy (non-hydrogen) atoms. The highest BCUT2D eigenvalue weighted by Gasteiger charge is 2.45. The fourth-order valence-corrected chi connectivity index (χ4v) is 8.06. The highest BCUT2D eigenvalue weighted by Crippen LogP contribution is 2.58. The quantitative estimate of drug-likeness (QED) is 0.391. The van der Waals surface area contributed by atoms with Gasteiger partial charge in [-0.05, 0) is 55.0 Å². The van der Waals surface area contributed by atoms with Crippen LogP contribution in [0.1, 0.15) is 11.1 Å². The minimum atomic E-state index is -2.06. The van der Waals surface area contributed by atoms with Crippen LogP contribution in [0.5, 0.6) is 0 Å². The van der Waals surface area contributed by atoms with Crippen molar-refractivity contribution >= 4 is 23.2 Å². The van der Waals surface area contributed by atoms with Crippen molar-refractivity contribution < 1.29 is 4.39 Å². The average molecular weight is 385 g/mol. The molecule has 0 saturated heterocycles. The highest BCUT2D eigenvalue weighted by molar-refractivity contribution is 7.95. The second-order valence-corrected chi connectivity index (χ2v) is 10.6. The lowest BCUT2D eigenvalue weighted by Crippen LogP contribution is -2.32. The molecular weight excluding hydrogens is 362 g/mol. The molecule has 0 unspecified atom stereocenters. The molecule has 0 atom stereocenters. The van der Waals surface area contributed by atoms with Gasteiger partial charge in [-0.3, -0.25) is 0 Å². The fraction of sp³-hybridized carbons (Fsp3) is 0.0769. The van der Waals surface area contributed by atoms with Gasteiger partial charge < -0.3 is 0 Å². The van der Waals surface area contributed by atoms with Crippen LogP contribution in [0.4, 0.5) is 4.39 Å². The van der Waals surface area contributed by atoms with Crippen molar-refractivity contribution in [1.29, 1.82) is 0 Å². The van der Waals surface area contributed by atoms with Crippen molar-refractivity contribution in [3.8, 4) is 0 Å². The van der Waals surface area contributed by atoms with Gasteiger partial charge in [0, 0.05) is 5.56 Å². The molecule has 0 spiro atoms. The first-order valence-electron chi connectivity index (χ1n) is 9.50. The number of benzene rings is 4. The molecule has 0 fully saturated rings. The number of aryl methyl sites for hydroxylation is 1. The normalized spacial score (nSPS) is 11.4. The maximum Gasteiger partial charge on any atom is 0.130 e. The van der Waals surface area contributed by atoms with Gasteiger partial charge in [-0.1, -0.05) is 66.7 Å². The molecule has 0 aliphatic rings. The summed E-state index contributed by atoms with van der Waals surface area (Å²) in [4.78, 5) is 0. The second kappa shape index (κ2) is 8.09. The van der Waals surface area contributed by atoms with Crippen LogP contribution in [0, 0.1) is 12.7 Å². The van der Waals surface area contributed by atoms with Crippen molar-refractivity contribution in [3.05, 3.63) is 126 Å². The van der Waals surface area contributed by atoms with Crippen LogP contribution in [0.3, 0.4) is 0 Å². The summed E-state index contributed by atoms with van der Waals surface area (Å²) >= 11 is 0. The van der Waals surface area contributed by atoms with Crippen LogP contribution in [0.15, 0.2) is 109 Å². The van der Waals surface area contributed by atoms with Crippen LogP contribution in [0.2, 0.25) is 0 Å². The Bertz CT molecular complexity index is 947. The highest BCUT2D eigenvalue weighted by atomic mass is 31.2. The Kier molecular flexibility index (Phi) is 5.37. The Labute approximate surface area is 167 Å². The number of hydrogen-bond acceptors (Lipinski definition) is 0. The van der Waals surface area contributed by atoms with Crippen molar-refractivity contribution in [3.63, 3.8) is 0 Å². The second-order valence-electron chi connectivity index (χ2n) is 7.07. The van der Waals surface area contributed by atoms with E-state index >= 15 is 0 Å². The Morgan fingerprint density at radius 1 is 0.607 bits per heavy atom. The molecule has 0 aliphatic carbocycles. The maximum atomic E-state index is 14.9. The van der Waals surface area contributed by atoms with E-state index in [2.05, 4.69) is 72.8 Å². The molecule has 0 radical (unpaired) electrons. The first kappa shape index (κ1) is 18.6. The van der Waals surface area contributed by atoms with Crippen molar-refractivity contribution in [2.75, 3.05) is 0 Å². The lowest BCUT2D eigenvalue weighted by atomic mass is 10.2. The van der Waals surface area contributed by atoms with E-state index in [1.54, 1.807) is 6.07 Å². The molecular formula is C26H23FP+. The standard InChI is InChI=1S/C26H23FP/c1-21-17-18-22(26(27)19-21)20-28(23-11-5-2-6-12-23,24-13-7-3-8-14-24)25-15-9-4-10-16-25/h2-19H,20H2,1H3/q+1. The third-order valence-electron chi connectivity index (χ3n) is 5.21. The summed E-state index contributed by atoms with van der Waals surface area (Å²) in [5, 5.41) is 3.81. The van der Waals surface area contributed by atoms with Crippen LogP contribution in [-0.2, 0) is 6.16 Å². The molecule has 4 rings (SSSR count). The zero-order valence-corrected chi connectivity index (χ0v) is 16.8. The molecule has 0 amide bonds. The Hall–Kier alpha value is -2.76. The lowest BCUT2D eigenvalue weighted by molar-refractivity contribution is 0.616. The summed E-state index contributed by atoms with van der Waals surface area (Å²) in [7, 11) is -2.06. The first-order valence-corrected chi connectivity index (χ1v) is 11.5. The third kappa shape index (κ3) is 3.51. The average Bonchev–Trinajstić information content (AvgIpc) is 2.75. The van der Waals surface area contributed by atoms with Crippen molar-refractivity contribution in [2.45, 2.75) is 13.1 Å². The van der Waals surface area contributed by atoms with Gasteiger partial charge in [0.15, 0.2) is 0 Å². The Balaban J connectivity index is 2.01. The van der Waals surface area contributed by atoms with E-state index in [0.29, 0.717) is 6.16 Å². The minimum absolute atomic E-state index is 0.118. The van der Waals surface area contributed by atoms with Gasteiger partial charge >= 0.3 is 0 Å². The van der Waals surface area contributed by atoms with E-state index in [4.69, 9.17) is 0 Å². The molecule has 4 aromatic carbocycles. The maximum absolute atomic E-state index is 14.9. The summed E-state index contributed by atoms with van der Waals surface area (Å²) in [5.74, 6) is -0.118. The molecule has 0 aromatic heterocycles. The van der Waals surface area contributed by atoms with Gasteiger partial charge in [0.2, 0.25) is 0 Å². The predicted molar refractivity (Wildman–Crippen MR) is 120 cm³/mol. The first-order chi connectivity index (χ1) is 13.7. The van der Waals surface area contributed by atoms with E-state index in [0.717, 1.165) is 11.1 Å². The van der Waals surface area contributed by atoms with Crippen LogP contribution in [-0.4, -0.2) is 0 Å². The summed E-state index contributed by atoms with van der Waals surface area (Å²) in [6.45, 7) is 1.93. The Morgan fingerprint density at radius 3 is 1.43 bits per heavy atom. The van der Waals surface area contributed by atoms with Gasteiger partial charge in [0.25, 0.3) is 0 Å². The molecule has 0 saturated carbocycles. The van der Waals surface area contributed by atoms with E-state index in [1.807, 2.05) is 37.3 Å². The summed E-state index contributed by atoms with van der Waals surface area (Å²) in [6.07, 6.45) is 0.664. The zero-order valence-electron chi connectivity index (χ0n) is 15.9. The van der Waals surface area contributed by atoms with Gasteiger partial charge in [-0.2, -0.15) is 0 Å². The van der Waals surface area contributed by atoms with E-state index in [9.17, 15) is 4.39 Å². The Morgan fingerprint density at radius 2 is 1.04 bits per heavy atom. The van der Waals surface area contributed by atoms with Crippen LogP contribution in [0.25, 0.3) is 0 Å². The molecule has 0 N–H and O–H groups in total. The summed E-state index contributed by atoms with van der Waals surface area (Å²) < 4.78 is 14.9. The van der Waals surface area contributed by atoms with E-state index in [1.165, 1.54) is 15.9 Å². The SMILES string of the molecule is Cc1ccc(C[P+](c2ccccc2)(c2ccccc2)c2ccccc2)c(F)c1. The van der Waals surface area contributed by atoms with E-state index in [-0.39, 0.29) is 5.82 Å². The molecule has 0 nitrogen and oxygen atoms in total. The van der Waals surface area contributed by atoms with Gasteiger partial charge in [-0.15, -0.1) is 0 Å². The number of rotatable bonds is 5. The molecule has 0 heterocycles.